The van der Waals surface area contributed by atoms with Crippen LogP contribution in [0.5, 0.6) is 0 Å². The number of ether oxygens (including phenoxy) is 1. The molecule has 30 heavy (non-hydrogen) atoms. The van der Waals surface area contributed by atoms with Gasteiger partial charge in [0.15, 0.2) is 17.3 Å². The maximum Gasteiger partial charge on any atom is 0.184 e. The molecule has 0 amide bonds. The summed E-state index contributed by atoms with van der Waals surface area (Å²) in [5.41, 5.74) is -0.994. The highest BCUT2D eigenvalue weighted by Gasteiger charge is 2.67. The van der Waals surface area contributed by atoms with Crippen molar-refractivity contribution in [2.45, 2.75) is 71.0 Å². The van der Waals surface area contributed by atoms with E-state index in [4.69, 9.17) is 4.74 Å². The molecule has 4 aliphatic rings. The molecule has 0 spiro atoms. The van der Waals surface area contributed by atoms with Crippen molar-refractivity contribution in [2.24, 2.45) is 22.7 Å². The molecule has 172 valence electrons. The fraction of sp³-hybridized carbons (Fsp3) is 0.909. The molecule has 3 atom stereocenters. The number of hydrogen-bond acceptors (Lipinski definition) is 6. The van der Waals surface area contributed by atoms with Crippen LogP contribution in [0.15, 0.2) is 0 Å². The van der Waals surface area contributed by atoms with E-state index in [1.807, 2.05) is 13.8 Å². The van der Waals surface area contributed by atoms with E-state index in [0.29, 0.717) is 35.4 Å². The third-order valence-electron chi connectivity index (χ3n) is 8.22. The van der Waals surface area contributed by atoms with Crippen LogP contribution in [0.2, 0.25) is 0 Å². The molecule has 0 aromatic rings. The van der Waals surface area contributed by atoms with Crippen molar-refractivity contribution in [3.05, 3.63) is 0 Å². The number of carbonyl (C=O) groups is 2. The van der Waals surface area contributed by atoms with Gasteiger partial charge in [-0.15, -0.1) is 0 Å². The summed E-state index contributed by atoms with van der Waals surface area (Å²) in [4.78, 5) is 24.0. The first-order valence-corrected chi connectivity index (χ1v) is 14.4. The normalized spacial score (nSPS) is 34.5. The molecule has 1 aliphatic heterocycles. The van der Waals surface area contributed by atoms with Gasteiger partial charge >= 0.3 is 0 Å². The Kier molecular flexibility index (Phi) is 7.42. The van der Waals surface area contributed by atoms with Gasteiger partial charge < -0.3 is 9.29 Å². The average Bonchev–Trinajstić information content (AvgIpc) is 3.01. The first-order chi connectivity index (χ1) is 14.0. The van der Waals surface area contributed by atoms with Crippen LogP contribution in [0, 0.1) is 22.7 Å². The van der Waals surface area contributed by atoms with Crippen molar-refractivity contribution < 1.29 is 27.3 Å². The van der Waals surface area contributed by atoms with Gasteiger partial charge in [0.2, 0.25) is 0 Å². The monoisotopic (exact) mass is 460 g/mol. The van der Waals surface area contributed by atoms with Crippen molar-refractivity contribution in [3.63, 3.8) is 0 Å². The molecule has 0 aromatic heterocycles. The third-order valence-corrected chi connectivity index (χ3v) is 11.6. The second kappa shape index (κ2) is 9.20. The van der Waals surface area contributed by atoms with Crippen LogP contribution in [0.25, 0.3) is 0 Å². The van der Waals surface area contributed by atoms with Crippen LogP contribution in [0.1, 0.15) is 65.7 Å². The quantitative estimate of drug-likeness (QED) is 0.472. The van der Waals surface area contributed by atoms with Crippen LogP contribution < -0.4 is 0 Å². The number of hydrogen-bond donors (Lipinski definition) is 0. The highest BCUT2D eigenvalue weighted by molar-refractivity contribution is 7.97. The predicted octanol–water partition coefficient (Wildman–Crippen LogP) is 2.71. The molecule has 4 rings (SSSR count). The van der Waals surface area contributed by atoms with E-state index in [9.17, 15) is 22.6 Å². The number of carbonyl (C=O) groups excluding carboxylic acids is 2. The first-order valence-electron chi connectivity index (χ1n) is 11.2. The summed E-state index contributed by atoms with van der Waals surface area (Å²) in [5, 5.41) is -1.30. The van der Waals surface area contributed by atoms with Crippen LogP contribution in [-0.4, -0.2) is 60.3 Å². The summed E-state index contributed by atoms with van der Waals surface area (Å²) in [7, 11) is -4.14. The smallest absolute Gasteiger partial charge is 0.184 e. The van der Waals surface area contributed by atoms with Crippen molar-refractivity contribution in [1.82, 2.24) is 0 Å². The second-order valence-electron chi connectivity index (χ2n) is 10.1. The number of rotatable bonds is 4. The minimum absolute atomic E-state index is 0.294. The van der Waals surface area contributed by atoms with Crippen LogP contribution in [0.3, 0.4) is 0 Å². The molecule has 0 radical (unpaired) electrons. The zero-order chi connectivity index (χ0) is 22.2. The Bertz CT molecular complexity index is 750. The van der Waals surface area contributed by atoms with Gasteiger partial charge in [-0.2, -0.15) is 0 Å². The number of Topliss-reactive ketones (excluding diaryl/α,β-unsaturated/α-hetero) is 2. The summed E-state index contributed by atoms with van der Waals surface area (Å²) in [6, 6.07) is 0. The standard InChI is InChI=1S/C12H21O2S.C10H16O4S/c13-12(11-4-2-1-3-5-11)10-15-8-6-14-7-9-15;1-9(2)6-4-5-10(9,3)8(11)7(6)15(12,13)14/h11H,1-10H2;6-7H,4-5H2,1-3H3,(H,12,13,14)/q+1;/p-1. The van der Waals surface area contributed by atoms with Gasteiger partial charge in [0.05, 0.1) is 13.2 Å². The summed E-state index contributed by atoms with van der Waals surface area (Å²) < 4.78 is 38.6. The Morgan fingerprint density at radius 2 is 1.70 bits per heavy atom. The minimum atomic E-state index is -4.49. The van der Waals surface area contributed by atoms with Gasteiger partial charge in [-0.25, -0.2) is 8.42 Å². The molecule has 6 nitrogen and oxygen atoms in total. The third kappa shape index (κ3) is 4.66. The van der Waals surface area contributed by atoms with Crippen molar-refractivity contribution in [1.29, 1.82) is 0 Å². The zero-order valence-corrected chi connectivity index (χ0v) is 20.1. The Balaban J connectivity index is 0.000000171. The second-order valence-corrected chi connectivity index (χ2v) is 13.9. The Labute approximate surface area is 184 Å². The number of fused-ring (bicyclic) bond motifs is 2. The fourth-order valence-corrected chi connectivity index (χ4v) is 9.02. The van der Waals surface area contributed by atoms with E-state index in [2.05, 4.69) is 0 Å². The van der Waals surface area contributed by atoms with Gasteiger partial charge in [0.1, 0.15) is 26.9 Å². The molecule has 3 aliphatic carbocycles. The molecule has 4 fully saturated rings. The maximum atomic E-state index is 12.0. The molecule has 3 unspecified atom stereocenters. The molecule has 3 saturated carbocycles. The lowest BCUT2D eigenvalue weighted by Gasteiger charge is -2.32. The molecule has 0 aromatic carbocycles. The Morgan fingerprint density at radius 1 is 1.10 bits per heavy atom. The molecular formula is C22H36O6S2. The van der Waals surface area contributed by atoms with E-state index in [0.717, 1.165) is 43.3 Å². The Morgan fingerprint density at radius 3 is 2.17 bits per heavy atom. The molecule has 8 heteroatoms. The summed E-state index contributed by atoms with van der Waals surface area (Å²) in [6.07, 6.45) is 7.57. The average molecular weight is 461 g/mol. The highest BCUT2D eigenvalue weighted by atomic mass is 32.2. The van der Waals surface area contributed by atoms with E-state index in [1.54, 1.807) is 6.92 Å². The SMILES string of the molecule is CC12CCC(C(S(=O)(=O)[O-])C1=O)C2(C)C.O=C(C[S+]1CCOCC1)C1CCCCC1. The molecule has 1 saturated heterocycles. The van der Waals surface area contributed by atoms with Gasteiger partial charge in [-0.1, -0.05) is 40.0 Å². The lowest BCUT2D eigenvalue weighted by atomic mass is 9.70. The van der Waals surface area contributed by atoms with E-state index >= 15 is 0 Å². The van der Waals surface area contributed by atoms with Gasteiger partial charge in [-0.05, 0) is 47.9 Å². The van der Waals surface area contributed by atoms with Crippen molar-refractivity contribution >= 4 is 32.6 Å². The predicted molar refractivity (Wildman–Crippen MR) is 117 cm³/mol. The van der Waals surface area contributed by atoms with Crippen LogP contribution in [0.4, 0.5) is 0 Å². The first kappa shape index (κ1) is 24.2. The summed E-state index contributed by atoms with van der Waals surface area (Å²) in [5.74, 6) is 3.41. The lowest BCUT2D eigenvalue weighted by Crippen LogP contribution is -2.38. The minimum Gasteiger partial charge on any atom is -0.747 e. The van der Waals surface area contributed by atoms with Gasteiger partial charge in [-0.3, -0.25) is 9.59 Å². The van der Waals surface area contributed by atoms with Crippen molar-refractivity contribution in [3.8, 4) is 0 Å². The van der Waals surface area contributed by atoms with Gasteiger partial charge in [0, 0.05) is 11.3 Å². The van der Waals surface area contributed by atoms with Crippen LogP contribution in [-0.2, 0) is 35.3 Å². The summed E-state index contributed by atoms with van der Waals surface area (Å²) >= 11 is 0. The fourth-order valence-electron chi connectivity index (χ4n) is 5.78. The number of ketones is 2. The topological polar surface area (TPSA) is 101 Å². The maximum absolute atomic E-state index is 12.0. The highest BCUT2D eigenvalue weighted by Crippen LogP contribution is 2.64. The summed E-state index contributed by atoms with van der Waals surface area (Å²) in [6.45, 7) is 7.34. The van der Waals surface area contributed by atoms with E-state index < -0.39 is 20.8 Å². The van der Waals surface area contributed by atoms with Gasteiger partial charge in [0.25, 0.3) is 0 Å². The molecule has 1 heterocycles. The molecule has 2 bridgehead atoms. The van der Waals surface area contributed by atoms with Crippen molar-refractivity contribution in [2.75, 3.05) is 30.5 Å². The largest absolute Gasteiger partial charge is 0.747 e. The molecular weight excluding hydrogens is 424 g/mol. The van der Waals surface area contributed by atoms with E-state index in [-0.39, 0.29) is 17.1 Å². The zero-order valence-electron chi connectivity index (χ0n) is 18.5. The Hall–Kier alpha value is -0.440. The van der Waals surface area contributed by atoms with Crippen LogP contribution >= 0.6 is 0 Å². The van der Waals surface area contributed by atoms with E-state index in [1.165, 1.54) is 19.3 Å². The molecule has 0 N–H and O–H groups in total. The lowest BCUT2D eigenvalue weighted by molar-refractivity contribution is -0.128.